The molecule has 5 N–H and O–H groups in total. The molecule has 1 saturated heterocycles. The van der Waals surface area contributed by atoms with Gasteiger partial charge in [-0.1, -0.05) is 54.0 Å². The number of hydrogen-bond acceptors (Lipinski definition) is 7. The van der Waals surface area contributed by atoms with Gasteiger partial charge in [0.1, 0.15) is 12.2 Å². The molecule has 2 bridgehead atoms. The summed E-state index contributed by atoms with van der Waals surface area (Å²) in [5.74, 6) is -1.60. The normalized spacial score (nSPS) is 44.5. The molecule has 10 nitrogen and oxygen atoms in total. The summed E-state index contributed by atoms with van der Waals surface area (Å²) < 4.78 is 18.9. The Balaban J connectivity index is 1.60. The molecule has 0 aromatic rings. The van der Waals surface area contributed by atoms with E-state index in [2.05, 4.69) is 46.5 Å². The van der Waals surface area contributed by atoms with Gasteiger partial charge in [0, 0.05) is 23.2 Å². The Morgan fingerprint density at radius 1 is 1.11 bits per heavy atom. The second-order valence-corrected chi connectivity index (χ2v) is 16.2. The highest BCUT2D eigenvalue weighted by molar-refractivity contribution is 6.00. The van der Waals surface area contributed by atoms with Crippen LogP contribution in [0, 0.1) is 56.7 Å². The second kappa shape index (κ2) is 11.4. The summed E-state index contributed by atoms with van der Waals surface area (Å²) in [7, 11) is 0. The molecule has 0 aromatic heterocycles. The molecule has 4 fully saturated rings. The van der Waals surface area contributed by atoms with Crippen LogP contribution in [0.3, 0.4) is 0 Å². The SMILES string of the molecule is CC(=O)O[C@@H]1C[C@@]23COCC(C)([C@H]1OCCN=C(N)N)[C@@H]2CC[C@H]1C3=CC(=O)[C@@]2(C)[C@H](C(=O)O)[C@@](C)([C@H](C)C(C)C)CC[C@]12C. The minimum Gasteiger partial charge on any atom is -0.481 e. The van der Waals surface area contributed by atoms with Crippen molar-refractivity contribution >= 4 is 23.7 Å². The van der Waals surface area contributed by atoms with Crippen LogP contribution in [0.15, 0.2) is 16.6 Å². The van der Waals surface area contributed by atoms with Crippen molar-refractivity contribution in [1.82, 2.24) is 0 Å². The Hall–Kier alpha value is -2.46. The third-order valence-corrected chi connectivity index (χ3v) is 13.9. The highest BCUT2D eigenvalue weighted by Crippen LogP contribution is 2.74. The molecule has 5 rings (SSSR count). The summed E-state index contributed by atoms with van der Waals surface area (Å²) in [6.07, 6.45) is 4.59. The summed E-state index contributed by atoms with van der Waals surface area (Å²) in [5, 5.41) is 10.9. The number of hydrogen-bond donors (Lipinski definition) is 3. The van der Waals surface area contributed by atoms with Crippen molar-refractivity contribution in [2.45, 2.75) is 99.7 Å². The van der Waals surface area contributed by atoms with Crippen LogP contribution in [0.1, 0.15) is 87.5 Å². The number of aliphatic carboxylic acids is 1. The highest BCUT2D eigenvalue weighted by Gasteiger charge is 2.74. The highest BCUT2D eigenvalue weighted by atomic mass is 16.6. The molecule has 1 heterocycles. The second-order valence-electron chi connectivity index (χ2n) is 16.2. The van der Waals surface area contributed by atoms with Crippen molar-refractivity contribution in [1.29, 1.82) is 0 Å². The summed E-state index contributed by atoms with van der Waals surface area (Å²) >= 11 is 0. The predicted molar refractivity (Wildman–Crippen MR) is 170 cm³/mol. The summed E-state index contributed by atoms with van der Waals surface area (Å²) in [4.78, 5) is 44.6. The molecule has 11 atom stereocenters. The quantitative estimate of drug-likeness (QED) is 0.153. The van der Waals surface area contributed by atoms with Gasteiger partial charge in [-0.2, -0.15) is 0 Å². The molecule has 3 saturated carbocycles. The lowest BCUT2D eigenvalue weighted by atomic mass is 9.34. The maximum absolute atomic E-state index is 14.7. The number of carbonyl (C=O) groups excluding carboxylic acids is 2. The molecule has 0 spiro atoms. The maximum Gasteiger partial charge on any atom is 0.308 e. The van der Waals surface area contributed by atoms with E-state index in [4.69, 9.17) is 25.7 Å². The average molecular weight is 630 g/mol. The molecular formula is C35H55N3O7. The molecule has 5 aliphatic rings. The van der Waals surface area contributed by atoms with Crippen LogP contribution in [0.2, 0.25) is 0 Å². The number of nitrogens with two attached hydrogens (primary N) is 2. The largest absolute Gasteiger partial charge is 0.481 e. The van der Waals surface area contributed by atoms with Crippen molar-refractivity contribution in [2.75, 3.05) is 26.4 Å². The number of carboxylic acids is 1. The number of nitrogens with zero attached hydrogens (tertiary/aromatic N) is 1. The van der Waals surface area contributed by atoms with Gasteiger partial charge in [0.2, 0.25) is 0 Å². The van der Waals surface area contributed by atoms with Gasteiger partial charge >= 0.3 is 11.9 Å². The molecule has 1 aliphatic heterocycles. The third kappa shape index (κ3) is 4.78. The number of carbonyl (C=O) groups is 3. The monoisotopic (exact) mass is 629 g/mol. The van der Waals surface area contributed by atoms with Gasteiger partial charge in [-0.15, -0.1) is 0 Å². The van der Waals surface area contributed by atoms with Crippen molar-refractivity contribution in [2.24, 2.45) is 73.1 Å². The Labute approximate surface area is 268 Å². The minimum atomic E-state index is -1.06. The van der Waals surface area contributed by atoms with Gasteiger partial charge in [-0.3, -0.25) is 19.4 Å². The number of rotatable bonds is 8. The Kier molecular flexibility index (Phi) is 8.55. The predicted octanol–water partition coefficient (Wildman–Crippen LogP) is 4.34. The lowest BCUT2D eigenvalue weighted by molar-refractivity contribution is -0.265. The van der Waals surface area contributed by atoms with E-state index in [-0.39, 0.29) is 54.5 Å². The number of esters is 1. The van der Waals surface area contributed by atoms with Gasteiger partial charge in [-0.25, -0.2) is 0 Å². The fraction of sp³-hybridized carbons (Fsp3) is 0.829. The van der Waals surface area contributed by atoms with Gasteiger partial charge in [0.15, 0.2) is 11.7 Å². The first-order valence-electron chi connectivity index (χ1n) is 16.8. The number of ketones is 1. The van der Waals surface area contributed by atoms with Crippen molar-refractivity contribution in [3.63, 3.8) is 0 Å². The lowest BCUT2D eigenvalue weighted by Gasteiger charge is -2.70. The molecule has 252 valence electrons. The van der Waals surface area contributed by atoms with Crippen LogP contribution in [0.4, 0.5) is 0 Å². The molecule has 0 aromatic carbocycles. The first-order chi connectivity index (χ1) is 20.9. The van der Waals surface area contributed by atoms with E-state index < -0.39 is 51.2 Å². The van der Waals surface area contributed by atoms with Crippen molar-refractivity contribution in [3.8, 4) is 0 Å². The molecule has 1 unspecified atom stereocenters. The number of allylic oxidation sites excluding steroid dienone is 1. The Morgan fingerprint density at radius 2 is 1.80 bits per heavy atom. The van der Waals surface area contributed by atoms with E-state index in [1.54, 1.807) is 0 Å². The number of guanidine groups is 1. The zero-order chi connectivity index (χ0) is 33.3. The number of aliphatic imine (C=N–C) groups is 1. The Bertz CT molecular complexity index is 1290. The zero-order valence-corrected chi connectivity index (χ0v) is 28.5. The van der Waals surface area contributed by atoms with E-state index in [9.17, 15) is 19.5 Å². The zero-order valence-electron chi connectivity index (χ0n) is 28.5. The van der Waals surface area contributed by atoms with Crippen LogP contribution >= 0.6 is 0 Å². The van der Waals surface area contributed by atoms with E-state index in [1.165, 1.54) is 6.92 Å². The number of ether oxygens (including phenoxy) is 3. The van der Waals surface area contributed by atoms with Gasteiger partial charge in [0.05, 0.1) is 32.3 Å². The summed E-state index contributed by atoms with van der Waals surface area (Å²) in [6, 6.07) is 0. The van der Waals surface area contributed by atoms with Crippen LogP contribution < -0.4 is 11.5 Å². The van der Waals surface area contributed by atoms with E-state index in [1.807, 2.05) is 13.0 Å². The van der Waals surface area contributed by atoms with E-state index in [0.29, 0.717) is 19.6 Å². The van der Waals surface area contributed by atoms with Gasteiger partial charge in [-0.05, 0) is 72.7 Å². The lowest BCUT2D eigenvalue weighted by Crippen LogP contribution is -2.71. The summed E-state index contributed by atoms with van der Waals surface area (Å²) in [5.41, 5.74) is 8.95. The smallest absolute Gasteiger partial charge is 0.308 e. The number of fused-ring (bicyclic) bond motifs is 3. The van der Waals surface area contributed by atoms with Crippen LogP contribution in [0.5, 0.6) is 0 Å². The van der Waals surface area contributed by atoms with Gasteiger partial charge < -0.3 is 30.8 Å². The van der Waals surface area contributed by atoms with E-state index >= 15 is 0 Å². The summed E-state index contributed by atoms with van der Waals surface area (Å²) in [6.45, 7) is 17.7. The number of carboxylic acid groups (broad SMARTS) is 1. The van der Waals surface area contributed by atoms with E-state index in [0.717, 1.165) is 31.3 Å². The van der Waals surface area contributed by atoms with Crippen LogP contribution in [0.25, 0.3) is 0 Å². The maximum atomic E-state index is 14.7. The van der Waals surface area contributed by atoms with Crippen molar-refractivity contribution < 1.29 is 33.7 Å². The third-order valence-electron chi connectivity index (χ3n) is 13.9. The molecular weight excluding hydrogens is 574 g/mol. The van der Waals surface area contributed by atoms with Gasteiger partial charge in [0.25, 0.3) is 0 Å². The Morgan fingerprint density at radius 3 is 2.40 bits per heavy atom. The average Bonchev–Trinajstić information content (AvgIpc) is 2.93. The molecule has 4 aliphatic carbocycles. The molecule has 45 heavy (non-hydrogen) atoms. The molecule has 10 heteroatoms. The van der Waals surface area contributed by atoms with Crippen LogP contribution in [-0.4, -0.2) is 67.4 Å². The van der Waals surface area contributed by atoms with Crippen LogP contribution in [-0.2, 0) is 28.6 Å². The minimum absolute atomic E-state index is 0.00967. The first-order valence-corrected chi connectivity index (χ1v) is 16.8. The first kappa shape index (κ1) is 33.9. The fourth-order valence-electron chi connectivity index (χ4n) is 11.3. The fourth-order valence-corrected chi connectivity index (χ4v) is 11.3. The standard InChI is InChI=1S/C35H55N3O7/c1-19(2)20(3)31(5)11-12-33(7)22-9-10-25-32(6)17-43-18-35(25,23(22)15-26(40)34(33,8)27(31)29(41)42)16-24(45-21(4)39)28(32)44-14-13-38-30(36)37/h15,19-20,22,24-25,27-28H,9-14,16-18H2,1-8H3,(H,41,42)(H4,36,37,38)/t20-,22+,24-,25+,27-,28+,31-,32?,33-,34+,35+/m1/s1. The van der Waals surface area contributed by atoms with Crippen molar-refractivity contribution in [3.05, 3.63) is 11.6 Å². The molecule has 0 radical (unpaired) electrons. The topological polar surface area (TPSA) is 164 Å². The molecule has 0 amide bonds.